The number of nitrogens with one attached hydrogen (secondary N) is 1. The summed E-state index contributed by atoms with van der Waals surface area (Å²) in [5.74, 6) is 2.46. The van der Waals surface area contributed by atoms with Gasteiger partial charge in [0.1, 0.15) is 12.0 Å². The largest absolute Gasteiger partial charge is 0.449 e. The van der Waals surface area contributed by atoms with E-state index in [1.165, 1.54) is 31.4 Å². The molecule has 3 nitrogen and oxygen atoms in total. The van der Waals surface area contributed by atoms with Gasteiger partial charge in [0.2, 0.25) is 0 Å². The third-order valence-electron chi connectivity index (χ3n) is 4.53. The molecule has 1 aliphatic rings. The van der Waals surface area contributed by atoms with Crippen LogP contribution in [0.3, 0.4) is 0 Å². The number of oxazole rings is 1. The topological polar surface area (TPSA) is 38.1 Å². The van der Waals surface area contributed by atoms with Crippen LogP contribution in [-0.2, 0) is 0 Å². The van der Waals surface area contributed by atoms with Crippen LogP contribution in [0.25, 0.3) is 11.3 Å². The van der Waals surface area contributed by atoms with E-state index in [1.807, 2.05) is 6.92 Å². The highest BCUT2D eigenvalue weighted by Crippen LogP contribution is 2.28. The molecule has 0 bridgehead atoms. The van der Waals surface area contributed by atoms with E-state index in [0.29, 0.717) is 5.89 Å². The van der Waals surface area contributed by atoms with Crippen molar-refractivity contribution in [1.29, 1.82) is 0 Å². The summed E-state index contributed by atoms with van der Waals surface area (Å²) in [7, 11) is 0. The summed E-state index contributed by atoms with van der Waals surface area (Å²) in [5.41, 5.74) is 3.20. The summed E-state index contributed by atoms with van der Waals surface area (Å²) in [6, 6.07) is 8.46. The van der Waals surface area contributed by atoms with Crippen molar-refractivity contribution in [1.82, 2.24) is 4.98 Å². The highest BCUT2D eigenvalue weighted by Gasteiger charge is 2.17. The Kier molecular flexibility index (Phi) is 4.28. The molecule has 21 heavy (non-hydrogen) atoms. The van der Waals surface area contributed by atoms with Gasteiger partial charge in [-0.25, -0.2) is 4.98 Å². The molecule has 0 unspecified atom stereocenters. The number of nitrogens with zero attached hydrogens (tertiary/aromatic N) is 1. The minimum atomic E-state index is 0.707. The lowest BCUT2D eigenvalue weighted by atomic mass is 9.83. The summed E-state index contributed by atoms with van der Waals surface area (Å²) >= 11 is 0. The number of aryl methyl sites for hydroxylation is 1. The number of rotatable bonds is 4. The fourth-order valence-electron chi connectivity index (χ4n) is 3.05. The van der Waals surface area contributed by atoms with Crippen LogP contribution in [0.15, 0.2) is 34.9 Å². The van der Waals surface area contributed by atoms with Crippen molar-refractivity contribution in [2.75, 3.05) is 11.9 Å². The molecule has 0 atom stereocenters. The summed E-state index contributed by atoms with van der Waals surface area (Å²) in [4.78, 5) is 4.35. The third kappa shape index (κ3) is 3.66. The quantitative estimate of drug-likeness (QED) is 0.868. The van der Waals surface area contributed by atoms with Crippen LogP contribution in [0.4, 0.5) is 5.69 Å². The normalized spacial score (nSPS) is 22.2. The van der Waals surface area contributed by atoms with E-state index in [1.54, 1.807) is 6.26 Å². The molecule has 0 aliphatic heterocycles. The lowest BCUT2D eigenvalue weighted by molar-refractivity contribution is 0.300. The average Bonchev–Trinajstić information content (AvgIpc) is 2.94. The molecular weight excluding hydrogens is 260 g/mol. The summed E-state index contributed by atoms with van der Waals surface area (Å²) in [6.45, 7) is 5.33. The predicted octanol–water partition coefficient (Wildman–Crippen LogP) is 4.89. The van der Waals surface area contributed by atoms with Gasteiger partial charge in [-0.3, -0.25) is 0 Å². The highest BCUT2D eigenvalue weighted by molar-refractivity contribution is 5.61. The second-order valence-corrected chi connectivity index (χ2v) is 6.34. The van der Waals surface area contributed by atoms with Gasteiger partial charge in [-0.05, 0) is 36.8 Å². The Labute approximate surface area is 126 Å². The van der Waals surface area contributed by atoms with Crippen LogP contribution in [0.5, 0.6) is 0 Å². The first-order valence-corrected chi connectivity index (χ1v) is 7.97. The average molecular weight is 284 g/mol. The maximum Gasteiger partial charge on any atom is 0.191 e. The minimum Gasteiger partial charge on any atom is -0.449 e. The van der Waals surface area contributed by atoms with Gasteiger partial charge in [0.05, 0.1) is 0 Å². The van der Waals surface area contributed by atoms with Gasteiger partial charge in [-0.2, -0.15) is 0 Å². The number of benzene rings is 1. The fourth-order valence-corrected chi connectivity index (χ4v) is 3.05. The van der Waals surface area contributed by atoms with Crippen LogP contribution in [-0.4, -0.2) is 11.5 Å². The maximum atomic E-state index is 5.26. The van der Waals surface area contributed by atoms with Crippen molar-refractivity contribution in [3.8, 4) is 11.3 Å². The molecule has 0 amide bonds. The molecule has 0 radical (unpaired) electrons. The van der Waals surface area contributed by atoms with Crippen molar-refractivity contribution in [2.45, 2.75) is 39.5 Å². The Hall–Kier alpha value is -1.77. The van der Waals surface area contributed by atoms with Crippen molar-refractivity contribution in [3.63, 3.8) is 0 Å². The predicted molar refractivity (Wildman–Crippen MR) is 86.3 cm³/mol. The molecule has 1 N–H and O–H groups in total. The zero-order chi connectivity index (χ0) is 14.7. The van der Waals surface area contributed by atoms with E-state index in [0.717, 1.165) is 29.6 Å². The molecule has 1 aliphatic carbocycles. The van der Waals surface area contributed by atoms with Gasteiger partial charge in [0.15, 0.2) is 5.89 Å². The highest BCUT2D eigenvalue weighted by atomic mass is 16.3. The Balaban J connectivity index is 1.55. The third-order valence-corrected chi connectivity index (χ3v) is 4.53. The van der Waals surface area contributed by atoms with Gasteiger partial charge in [-0.15, -0.1) is 0 Å². The maximum absolute atomic E-state index is 5.26. The second-order valence-electron chi connectivity index (χ2n) is 6.34. The summed E-state index contributed by atoms with van der Waals surface area (Å²) < 4.78 is 5.26. The molecule has 112 valence electrons. The molecule has 1 aromatic heterocycles. The van der Waals surface area contributed by atoms with Crippen LogP contribution >= 0.6 is 0 Å². The zero-order valence-corrected chi connectivity index (χ0v) is 12.9. The van der Waals surface area contributed by atoms with E-state index < -0.39 is 0 Å². The molecule has 0 saturated heterocycles. The number of hydrogen-bond donors (Lipinski definition) is 1. The number of hydrogen-bond acceptors (Lipinski definition) is 3. The summed E-state index contributed by atoms with van der Waals surface area (Å²) in [5, 5.41) is 3.57. The van der Waals surface area contributed by atoms with Gasteiger partial charge < -0.3 is 9.73 Å². The lowest BCUT2D eigenvalue weighted by Crippen LogP contribution is -2.20. The first-order chi connectivity index (χ1) is 10.2. The molecule has 1 heterocycles. The van der Waals surface area contributed by atoms with Gasteiger partial charge in [0, 0.05) is 24.7 Å². The molecule has 1 saturated carbocycles. The zero-order valence-electron chi connectivity index (χ0n) is 12.9. The lowest BCUT2D eigenvalue weighted by Gasteiger charge is -2.26. The Morgan fingerprint density at radius 3 is 2.48 bits per heavy atom. The van der Waals surface area contributed by atoms with Crippen molar-refractivity contribution in [2.24, 2.45) is 11.8 Å². The van der Waals surface area contributed by atoms with Gasteiger partial charge in [-0.1, -0.05) is 31.9 Å². The van der Waals surface area contributed by atoms with E-state index in [-0.39, 0.29) is 0 Å². The molecule has 1 fully saturated rings. The van der Waals surface area contributed by atoms with Gasteiger partial charge in [0.25, 0.3) is 0 Å². The van der Waals surface area contributed by atoms with Crippen LogP contribution in [0.2, 0.25) is 0 Å². The van der Waals surface area contributed by atoms with Gasteiger partial charge >= 0.3 is 0 Å². The Bertz CT molecular complexity index is 565. The minimum absolute atomic E-state index is 0.707. The van der Waals surface area contributed by atoms with E-state index in [4.69, 9.17) is 4.42 Å². The first kappa shape index (κ1) is 14.2. The SMILES string of the molecule is Cc1nc(-c2ccc(NCC3CCC(C)CC3)cc2)co1. The van der Waals surface area contributed by atoms with E-state index >= 15 is 0 Å². The van der Waals surface area contributed by atoms with Crippen molar-refractivity contribution in [3.05, 3.63) is 36.4 Å². The number of anilines is 1. The van der Waals surface area contributed by atoms with Crippen molar-refractivity contribution < 1.29 is 4.42 Å². The van der Waals surface area contributed by atoms with E-state index in [2.05, 4.69) is 41.5 Å². The van der Waals surface area contributed by atoms with Crippen LogP contribution in [0, 0.1) is 18.8 Å². The Morgan fingerprint density at radius 2 is 1.86 bits per heavy atom. The molecule has 1 aromatic carbocycles. The van der Waals surface area contributed by atoms with Crippen LogP contribution in [0.1, 0.15) is 38.5 Å². The smallest absolute Gasteiger partial charge is 0.191 e. The Morgan fingerprint density at radius 1 is 1.14 bits per heavy atom. The molecule has 3 heteroatoms. The number of aromatic nitrogens is 1. The standard InChI is InChI=1S/C18H24N2O/c1-13-3-5-15(6-4-13)11-19-17-9-7-16(8-10-17)18-12-21-14(2)20-18/h7-10,12-13,15,19H,3-6,11H2,1-2H3. The van der Waals surface area contributed by atoms with E-state index in [9.17, 15) is 0 Å². The fraction of sp³-hybridized carbons (Fsp3) is 0.500. The second kappa shape index (κ2) is 6.33. The molecule has 3 rings (SSSR count). The molecule has 0 spiro atoms. The molecule has 2 aromatic rings. The first-order valence-electron chi connectivity index (χ1n) is 7.97. The van der Waals surface area contributed by atoms with Crippen LogP contribution < -0.4 is 5.32 Å². The monoisotopic (exact) mass is 284 g/mol. The summed E-state index contributed by atoms with van der Waals surface area (Å²) in [6.07, 6.45) is 7.21. The molecular formula is C18H24N2O. The van der Waals surface area contributed by atoms with Crippen molar-refractivity contribution >= 4 is 5.69 Å².